The molecule has 2 aliphatic rings. The first-order valence-electron chi connectivity index (χ1n) is 12.6. The van der Waals surface area contributed by atoms with Crippen LogP contribution in [0.4, 0.5) is 0 Å². The largest absolute Gasteiger partial charge is 0.508 e. The number of benzene rings is 2. The Morgan fingerprint density at radius 2 is 1.43 bits per heavy atom. The zero-order chi connectivity index (χ0) is 30.5. The van der Waals surface area contributed by atoms with Crippen LogP contribution in [0.2, 0.25) is 0 Å². The van der Waals surface area contributed by atoms with Gasteiger partial charge in [0.2, 0.25) is 29.8 Å². The topological polar surface area (TPSA) is 269 Å². The molecule has 10 N–H and O–H groups in total. The van der Waals surface area contributed by atoms with Gasteiger partial charge in [-0.1, -0.05) is 0 Å². The Labute approximate surface area is 235 Å². The van der Waals surface area contributed by atoms with E-state index >= 15 is 0 Å². The summed E-state index contributed by atoms with van der Waals surface area (Å²) in [6.07, 6.45) is -15.8. The van der Waals surface area contributed by atoms with Crippen molar-refractivity contribution in [2.75, 3.05) is 13.2 Å². The van der Waals surface area contributed by atoms with E-state index in [9.17, 15) is 55.9 Å². The van der Waals surface area contributed by atoms with Crippen LogP contribution in [0.1, 0.15) is 0 Å². The number of ether oxygens (including phenoxy) is 4. The zero-order valence-corrected chi connectivity index (χ0v) is 21.4. The van der Waals surface area contributed by atoms with Crippen molar-refractivity contribution in [2.24, 2.45) is 0 Å². The molecule has 0 unspecified atom stereocenters. The number of aliphatic hydroxyl groups excluding tert-OH is 7. The average molecular weight is 596 g/mol. The molecule has 0 bridgehead atoms. The van der Waals surface area contributed by atoms with E-state index in [0.717, 1.165) is 6.07 Å². The van der Waals surface area contributed by atoms with Gasteiger partial charge >= 0.3 is 0 Å². The molecule has 16 heteroatoms. The molecule has 3 heterocycles. The third-order valence-electron chi connectivity index (χ3n) is 6.96. The number of phenolic OH excluding ortho intramolecular Hbond substituents is 3. The monoisotopic (exact) mass is 596 g/mol. The molecule has 2 saturated heterocycles. The van der Waals surface area contributed by atoms with Gasteiger partial charge in [-0.15, -0.1) is 0 Å². The van der Waals surface area contributed by atoms with Crippen LogP contribution in [-0.2, 0) is 9.47 Å². The highest BCUT2D eigenvalue weighted by molar-refractivity contribution is 5.95. The maximum absolute atomic E-state index is 13.3. The Morgan fingerprint density at radius 3 is 2.10 bits per heavy atom. The van der Waals surface area contributed by atoms with Crippen LogP contribution in [-0.4, -0.2) is 120 Å². The molecule has 9 atom stereocenters. The molecule has 2 aromatic carbocycles. The molecule has 0 radical (unpaired) electrons. The predicted octanol–water partition coefficient (Wildman–Crippen LogP) is -2.43. The standard InChI is InChI=1S/C26H28O16/c27-6-13-16(32)18(34)20(36)26(40-13)41-23-17(33)14-10(29)5-12(8-1-3-9(28)4-2-8)39-22(14)24(21(23)37)42-25-19(35)15(31)11(30)7-38-25/h1-5,11,13,15-16,18-20,25-28,30-37H,6-7H2/t11-,13-,15-,16+,18-,19-,20-,25+,26+/m1/s1. The molecule has 1 aromatic heterocycles. The highest BCUT2D eigenvalue weighted by atomic mass is 16.7. The number of phenols is 3. The van der Waals surface area contributed by atoms with Gasteiger partial charge in [-0.05, 0) is 24.3 Å². The van der Waals surface area contributed by atoms with Gasteiger partial charge in [0, 0.05) is 11.6 Å². The lowest BCUT2D eigenvalue weighted by Crippen LogP contribution is -2.60. The van der Waals surface area contributed by atoms with Gasteiger partial charge in [0.1, 0.15) is 59.6 Å². The SMILES string of the molecule is O=c1cc(-c2ccc(O)cc2)oc2c(O[C@@H]3OC[C@@H](O)[C@@H](O)[C@H]3O)c(O)c(O[C@@H]3O[C@H](CO)[C@H](O)[C@@H](O)[C@H]3O)c(O)c12. The lowest BCUT2D eigenvalue weighted by Gasteiger charge is -2.39. The van der Waals surface area contributed by atoms with Crippen molar-refractivity contribution in [3.05, 3.63) is 40.6 Å². The Bertz CT molecular complexity index is 1490. The second kappa shape index (κ2) is 11.5. The minimum atomic E-state index is -1.98. The fraction of sp³-hybridized carbons (Fsp3) is 0.423. The van der Waals surface area contributed by atoms with Crippen LogP contribution in [0.5, 0.6) is 28.7 Å². The highest BCUT2D eigenvalue weighted by Crippen LogP contribution is 2.51. The van der Waals surface area contributed by atoms with Crippen molar-refractivity contribution in [3.63, 3.8) is 0 Å². The minimum Gasteiger partial charge on any atom is -0.508 e. The second-order valence-electron chi connectivity index (χ2n) is 9.76. The number of fused-ring (bicyclic) bond motifs is 1. The Hall–Kier alpha value is -3.71. The molecule has 0 spiro atoms. The Balaban J connectivity index is 1.66. The molecule has 2 aliphatic heterocycles. The molecule has 0 aliphatic carbocycles. The van der Waals surface area contributed by atoms with Crippen molar-refractivity contribution in [2.45, 2.75) is 55.3 Å². The van der Waals surface area contributed by atoms with Crippen molar-refractivity contribution in [3.8, 4) is 40.1 Å². The van der Waals surface area contributed by atoms with Gasteiger partial charge in [0.25, 0.3) is 0 Å². The number of hydrogen-bond donors (Lipinski definition) is 10. The van der Waals surface area contributed by atoms with Crippen molar-refractivity contribution < 1.29 is 74.4 Å². The van der Waals surface area contributed by atoms with E-state index in [1.807, 2.05) is 0 Å². The maximum Gasteiger partial charge on any atom is 0.229 e. The van der Waals surface area contributed by atoms with E-state index in [0.29, 0.717) is 0 Å². The summed E-state index contributed by atoms with van der Waals surface area (Å²) in [5.41, 5.74) is -1.20. The molecule has 0 saturated carbocycles. The average Bonchev–Trinajstić information content (AvgIpc) is 2.97. The van der Waals surface area contributed by atoms with Crippen molar-refractivity contribution in [1.29, 1.82) is 0 Å². The van der Waals surface area contributed by atoms with Crippen LogP contribution in [0, 0.1) is 0 Å². The van der Waals surface area contributed by atoms with Crippen molar-refractivity contribution >= 4 is 11.0 Å². The molecule has 2 fully saturated rings. The van der Waals surface area contributed by atoms with Crippen LogP contribution in [0.15, 0.2) is 39.5 Å². The summed E-state index contributed by atoms with van der Waals surface area (Å²) in [6.45, 7) is -1.32. The molecular weight excluding hydrogens is 568 g/mol. The van der Waals surface area contributed by atoms with E-state index in [-0.39, 0.29) is 17.1 Å². The van der Waals surface area contributed by atoms with Gasteiger partial charge in [-0.2, -0.15) is 0 Å². The maximum atomic E-state index is 13.3. The Morgan fingerprint density at radius 1 is 0.786 bits per heavy atom. The number of rotatable bonds is 6. The summed E-state index contributed by atoms with van der Waals surface area (Å²) in [4.78, 5) is 13.3. The van der Waals surface area contributed by atoms with Gasteiger partial charge in [0.15, 0.2) is 16.8 Å². The van der Waals surface area contributed by atoms with E-state index in [1.54, 1.807) is 0 Å². The molecule has 5 rings (SSSR count). The van der Waals surface area contributed by atoms with Crippen LogP contribution in [0.3, 0.4) is 0 Å². The third-order valence-corrected chi connectivity index (χ3v) is 6.96. The minimum absolute atomic E-state index is 0.0830. The van der Waals surface area contributed by atoms with Crippen LogP contribution in [0.25, 0.3) is 22.3 Å². The van der Waals surface area contributed by atoms with Gasteiger partial charge in [-0.3, -0.25) is 4.79 Å². The molecule has 42 heavy (non-hydrogen) atoms. The molecular formula is C26H28O16. The molecule has 16 nitrogen and oxygen atoms in total. The lowest BCUT2D eigenvalue weighted by atomic mass is 9.99. The summed E-state index contributed by atoms with van der Waals surface area (Å²) >= 11 is 0. The third kappa shape index (κ3) is 5.19. The summed E-state index contributed by atoms with van der Waals surface area (Å²) in [6, 6.07) is 6.40. The normalized spacial score (nSPS) is 31.6. The van der Waals surface area contributed by atoms with Crippen molar-refractivity contribution in [1.82, 2.24) is 0 Å². The Kier molecular flexibility index (Phi) is 8.17. The molecule has 0 amide bonds. The van der Waals surface area contributed by atoms with Crippen LogP contribution < -0.4 is 14.9 Å². The van der Waals surface area contributed by atoms with Crippen LogP contribution >= 0.6 is 0 Å². The molecule has 3 aromatic rings. The highest BCUT2D eigenvalue weighted by Gasteiger charge is 2.46. The van der Waals surface area contributed by atoms with E-state index < -0.39 is 108 Å². The van der Waals surface area contributed by atoms with E-state index in [1.165, 1.54) is 24.3 Å². The van der Waals surface area contributed by atoms with Gasteiger partial charge in [-0.25, -0.2) is 0 Å². The summed E-state index contributed by atoms with van der Waals surface area (Å²) in [5, 5.41) is 102. The summed E-state index contributed by atoms with van der Waals surface area (Å²) < 4.78 is 27.3. The van der Waals surface area contributed by atoms with Gasteiger partial charge in [0.05, 0.1) is 13.2 Å². The first kappa shape index (κ1) is 29.8. The van der Waals surface area contributed by atoms with E-state index in [2.05, 4.69) is 0 Å². The first-order chi connectivity index (χ1) is 19.9. The summed E-state index contributed by atoms with van der Waals surface area (Å²) in [5.74, 6) is -4.00. The zero-order valence-electron chi connectivity index (χ0n) is 21.4. The first-order valence-corrected chi connectivity index (χ1v) is 12.6. The second-order valence-corrected chi connectivity index (χ2v) is 9.76. The number of hydrogen-bond acceptors (Lipinski definition) is 16. The van der Waals surface area contributed by atoms with Gasteiger partial charge < -0.3 is 74.4 Å². The van der Waals surface area contributed by atoms with E-state index in [4.69, 9.17) is 23.4 Å². The summed E-state index contributed by atoms with van der Waals surface area (Å²) in [7, 11) is 0. The smallest absolute Gasteiger partial charge is 0.229 e. The number of aliphatic hydroxyl groups is 7. The predicted molar refractivity (Wildman–Crippen MR) is 136 cm³/mol. The fourth-order valence-electron chi connectivity index (χ4n) is 4.58. The molecule has 228 valence electrons. The quantitative estimate of drug-likeness (QED) is 0.142. The number of aromatic hydroxyl groups is 3. The fourth-order valence-corrected chi connectivity index (χ4v) is 4.58. The lowest BCUT2D eigenvalue weighted by molar-refractivity contribution is -0.277.